The lowest BCUT2D eigenvalue weighted by molar-refractivity contribution is 0.464. The predicted molar refractivity (Wildman–Crippen MR) is 436 cm³/mol. The summed E-state index contributed by atoms with van der Waals surface area (Å²) in [5, 5.41) is 16.0. The van der Waals surface area contributed by atoms with E-state index >= 15 is 0 Å². The number of ether oxygens (including phenoxy) is 3. The number of hydrogen-bond donors (Lipinski definition) is 0. The molecule has 0 unspecified atom stereocenters. The zero-order valence-corrected chi connectivity index (χ0v) is 57.9. The Bertz CT molecular complexity index is 7550. The van der Waals surface area contributed by atoms with Crippen molar-refractivity contribution in [2.24, 2.45) is 0 Å². The highest BCUT2D eigenvalue weighted by Crippen LogP contribution is 2.50. The number of furan rings is 1. The van der Waals surface area contributed by atoms with Gasteiger partial charge in [0.15, 0.2) is 11.5 Å². The Balaban J connectivity index is 0.000000100. The van der Waals surface area contributed by atoms with E-state index in [0.29, 0.717) is 35.2 Å². The van der Waals surface area contributed by atoms with Gasteiger partial charge in [0, 0.05) is 82.1 Å². The molecule has 0 atom stereocenters. The summed E-state index contributed by atoms with van der Waals surface area (Å²) in [6.07, 6.45) is 5.48. The van der Waals surface area contributed by atoms with E-state index in [2.05, 4.69) is 275 Å². The normalized spacial score (nSPS) is 12.3. The SMILES string of the molecule is c1cc2c3c(cccc3c1)-c1cnc(-n3c4ccccc4c4cc(-c5ccc6oc7ccccc7c6c5)ccc43)nc1O2.c1cc2c3c(cccc3c1)-c1nc(-n3c4ccccc4c4ccccc43)ncc1O2.c1ccc(-c2ccc3c(c2)c2ccccc2n3-c2ncc3c(n2)-c2cccc4cccc(c24)O3)cc1. The summed E-state index contributed by atoms with van der Waals surface area (Å²) in [6.45, 7) is 0. The summed E-state index contributed by atoms with van der Waals surface area (Å²) in [7, 11) is 0. The van der Waals surface area contributed by atoms with E-state index in [1.54, 1.807) is 12.4 Å². The van der Waals surface area contributed by atoms with Crippen molar-refractivity contribution in [1.29, 1.82) is 0 Å². The van der Waals surface area contributed by atoms with Crippen LogP contribution in [0.4, 0.5) is 0 Å². The van der Waals surface area contributed by atoms with Gasteiger partial charge in [-0.2, -0.15) is 4.98 Å². The highest BCUT2D eigenvalue weighted by molar-refractivity contribution is 6.14. The smallest absolute Gasteiger partial charge is 0.237 e. The fraction of sp³-hybridized carbons (Fsp3) is 0. The molecule has 0 bridgehead atoms. The Morgan fingerprint density at radius 1 is 0.229 bits per heavy atom. The second-order valence-electron chi connectivity index (χ2n) is 27.7. The lowest BCUT2D eigenvalue weighted by Crippen LogP contribution is -2.06. The topological polar surface area (TPSA) is 133 Å². The van der Waals surface area contributed by atoms with Crippen molar-refractivity contribution in [3.05, 3.63) is 334 Å². The standard InChI is InChI=1S/C38H21N3O2.C32H19N3O.C26H15N3O/c1-3-12-31-25(9-1)28-19-23(24-16-18-34-29(20-24)26-10-2-4-13-33(26)42-34)15-17-32(28)41(31)38-39-21-30-27-11-5-7-22-8-6-14-35(36(22)27)43-37(30)40-38;1-2-8-20(9-3-1)22-16-17-27-25(18-22)23-12-4-5-14-26(23)35(27)32-33-19-29-31(34-32)24-13-6-10-21-11-7-15-28(36-29)30(21)24;1-3-12-20-17(9-1)18-10-2-4-13-21(18)29(20)26-27-15-23-25(28-26)19-11-5-7-16-8-6-14-22(30-23)24(16)19/h1-21H;1-19H;1-15H. The average molecular weight is 1400 g/mol. The Morgan fingerprint density at radius 3 is 1.13 bits per heavy atom. The number of para-hydroxylation sites is 5. The zero-order valence-electron chi connectivity index (χ0n) is 57.9. The Labute approximate surface area is 620 Å². The van der Waals surface area contributed by atoms with Gasteiger partial charge >= 0.3 is 0 Å². The van der Waals surface area contributed by atoms with Crippen molar-refractivity contribution >= 4 is 120 Å². The van der Waals surface area contributed by atoms with E-state index in [1.165, 1.54) is 32.7 Å². The van der Waals surface area contributed by atoms with Crippen LogP contribution in [0.5, 0.6) is 34.6 Å². The van der Waals surface area contributed by atoms with Crippen molar-refractivity contribution in [2.75, 3.05) is 0 Å². The molecule has 0 spiro atoms. The molecule has 13 nitrogen and oxygen atoms in total. The van der Waals surface area contributed by atoms with Crippen molar-refractivity contribution in [3.63, 3.8) is 0 Å². The highest BCUT2D eigenvalue weighted by Gasteiger charge is 2.28. The molecule has 25 rings (SSSR count). The first-order valence-corrected chi connectivity index (χ1v) is 36.3. The first-order chi connectivity index (χ1) is 54.0. The second-order valence-corrected chi connectivity index (χ2v) is 27.7. The van der Waals surface area contributed by atoms with Gasteiger partial charge in [0.25, 0.3) is 0 Å². The number of nitrogens with zero attached hydrogens (tertiary/aromatic N) is 9. The maximum Gasteiger partial charge on any atom is 0.237 e. The number of aromatic nitrogens is 9. The molecule has 508 valence electrons. The van der Waals surface area contributed by atoms with Crippen LogP contribution in [-0.4, -0.2) is 43.6 Å². The van der Waals surface area contributed by atoms with Gasteiger partial charge in [0.05, 0.1) is 51.1 Å². The minimum absolute atomic E-state index is 0.569. The molecule has 3 aliphatic rings. The van der Waals surface area contributed by atoms with E-state index in [9.17, 15) is 0 Å². The van der Waals surface area contributed by atoms with Crippen LogP contribution in [0, 0.1) is 0 Å². The third kappa shape index (κ3) is 9.40. The van der Waals surface area contributed by atoms with Gasteiger partial charge in [-0.1, -0.05) is 231 Å². The van der Waals surface area contributed by atoms with Gasteiger partial charge in [0.1, 0.15) is 39.8 Å². The Hall–Kier alpha value is -15.1. The van der Waals surface area contributed by atoms with Crippen LogP contribution < -0.4 is 14.2 Å². The summed E-state index contributed by atoms with van der Waals surface area (Å²) in [5.41, 5.74) is 18.7. The number of rotatable bonds is 5. The minimum Gasteiger partial charge on any atom is -0.456 e. The molecule has 0 fully saturated rings. The van der Waals surface area contributed by atoms with Crippen molar-refractivity contribution in [1.82, 2.24) is 43.6 Å². The number of fused-ring (bicyclic) bond motifs is 18. The van der Waals surface area contributed by atoms with Gasteiger partial charge in [-0.05, 0) is 123 Å². The van der Waals surface area contributed by atoms with Gasteiger partial charge in [-0.3, -0.25) is 13.7 Å². The molecule has 0 aliphatic carbocycles. The van der Waals surface area contributed by atoms with Gasteiger partial charge in [0.2, 0.25) is 23.7 Å². The van der Waals surface area contributed by atoms with Gasteiger partial charge in [-0.15, -0.1) is 0 Å². The molecule has 3 aliphatic heterocycles. The molecular formula is C96H55N9O4. The third-order valence-electron chi connectivity index (χ3n) is 21.6. The summed E-state index contributed by atoms with van der Waals surface area (Å²) < 4.78 is 31.3. The molecule has 10 heterocycles. The zero-order chi connectivity index (χ0) is 71.4. The lowest BCUT2D eigenvalue weighted by atomic mass is 9.97. The lowest BCUT2D eigenvalue weighted by Gasteiger charge is -2.20. The van der Waals surface area contributed by atoms with Crippen LogP contribution in [0.15, 0.2) is 338 Å². The van der Waals surface area contributed by atoms with Crippen molar-refractivity contribution in [3.8, 4) is 108 Å². The Morgan fingerprint density at radius 2 is 0.606 bits per heavy atom. The molecule has 15 aromatic carbocycles. The van der Waals surface area contributed by atoms with Crippen LogP contribution in [0.25, 0.3) is 193 Å². The maximum atomic E-state index is 6.38. The molecule has 109 heavy (non-hydrogen) atoms. The minimum atomic E-state index is 0.569. The summed E-state index contributed by atoms with van der Waals surface area (Å²) >= 11 is 0. The third-order valence-corrected chi connectivity index (χ3v) is 21.6. The van der Waals surface area contributed by atoms with E-state index in [4.69, 9.17) is 48.5 Å². The van der Waals surface area contributed by atoms with Crippen LogP contribution in [0.2, 0.25) is 0 Å². The quantitative estimate of drug-likeness (QED) is 0.164. The fourth-order valence-corrected chi connectivity index (χ4v) is 16.7. The van der Waals surface area contributed by atoms with Crippen molar-refractivity contribution in [2.45, 2.75) is 0 Å². The van der Waals surface area contributed by atoms with Crippen LogP contribution in [-0.2, 0) is 0 Å². The van der Waals surface area contributed by atoms with Crippen LogP contribution >= 0.6 is 0 Å². The molecule has 7 aromatic heterocycles. The molecular weight excluding hydrogens is 1340 g/mol. The maximum absolute atomic E-state index is 6.38. The molecule has 22 aromatic rings. The first kappa shape index (κ1) is 60.3. The molecule has 0 saturated heterocycles. The predicted octanol–water partition coefficient (Wildman–Crippen LogP) is 24.7. The van der Waals surface area contributed by atoms with E-state index < -0.39 is 0 Å². The largest absolute Gasteiger partial charge is 0.456 e. The summed E-state index contributed by atoms with van der Waals surface area (Å²) in [5.74, 6) is 6.30. The molecule has 0 radical (unpaired) electrons. The highest BCUT2D eigenvalue weighted by atomic mass is 16.5. The average Bonchev–Trinajstić information content (AvgIpc) is 0.867. The van der Waals surface area contributed by atoms with Crippen LogP contribution in [0.3, 0.4) is 0 Å². The monoisotopic (exact) mass is 1400 g/mol. The van der Waals surface area contributed by atoms with E-state index in [-0.39, 0.29) is 0 Å². The first-order valence-electron chi connectivity index (χ1n) is 36.3. The number of hydrogen-bond acceptors (Lipinski definition) is 10. The van der Waals surface area contributed by atoms with E-state index in [1.807, 2.05) is 60.8 Å². The van der Waals surface area contributed by atoms with Gasteiger partial charge in [-0.25, -0.2) is 24.9 Å². The summed E-state index contributed by atoms with van der Waals surface area (Å²) in [6, 6.07) is 109. The molecule has 0 saturated carbocycles. The van der Waals surface area contributed by atoms with Gasteiger partial charge < -0.3 is 18.6 Å². The number of benzene rings is 15. The summed E-state index contributed by atoms with van der Waals surface area (Å²) in [4.78, 5) is 29.5. The second kappa shape index (κ2) is 23.7. The molecule has 13 heteroatoms. The fourth-order valence-electron chi connectivity index (χ4n) is 16.7. The van der Waals surface area contributed by atoms with Crippen molar-refractivity contribution < 1.29 is 18.6 Å². The Kier molecular flexibility index (Phi) is 13.1. The van der Waals surface area contributed by atoms with Crippen LogP contribution in [0.1, 0.15) is 0 Å². The van der Waals surface area contributed by atoms with E-state index in [0.717, 1.165) is 160 Å². The molecule has 0 amide bonds. The molecule has 0 N–H and O–H groups in total.